The summed E-state index contributed by atoms with van der Waals surface area (Å²) in [6, 6.07) is 27.0. The molecule has 7 heteroatoms. The van der Waals surface area contributed by atoms with Crippen LogP contribution in [0.3, 0.4) is 0 Å². The molecule has 4 rings (SSSR count). The van der Waals surface area contributed by atoms with E-state index in [9.17, 15) is 18.0 Å². The topological polar surface area (TPSA) is 83.6 Å². The summed E-state index contributed by atoms with van der Waals surface area (Å²) in [5.41, 5.74) is 6.29. The zero-order valence-corrected chi connectivity index (χ0v) is 25.2. The van der Waals surface area contributed by atoms with Crippen molar-refractivity contribution in [1.82, 2.24) is 0 Å². The van der Waals surface area contributed by atoms with Gasteiger partial charge in [-0.2, -0.15) is 0 Å². The van der Waals surface area contributed by atoms with Crippen molar-refractivity contribution in [3.8, 4) is 0 Å². The first-order valence-corrected chi connectivity index (χ1v) is 15.3. The van der Waals surface area contributed by atoms with Gasteiger partial charge in [0.25, 0.3) is 5.91 Å². The van der Waals surface area contributed by atoms with Gasteiger partial charge in [-0.25, -0.2) is 8.42 Å². The molecule has 0 unspecified atom stereocenters. The summed E-state index contributed by atoms with van der Waals surface area (Å²) >= 11 is 0. The van der Waals surface area contributed by atoms with E-state index in [0.717, 1.165) is 22.3 Å². The summed E-state index contributed by atoms with van der Waals surface area (Å²) in [6.07, 6.45) is 1.19. The summed E-state index contributed by atoms with van der Waals surface area (Å²) in [5.74, 6) is -0.448. The molecule has 0 saturated carbocycles. The molecule has 0 atom stereocenters. The predicted octanol–water partition coefficient (Wildman–Crippen LogP) is 7.05. The number of para-hydroxylation sites is 1. The molecule has 1 amide bonds. The Kier molecular flexibility index (Phi) is 8.50. The Labute approximate surface area is 243 Å². The summed E-state index contributed by atoms with van der Waals surface area (Å²) < 4.78 is 26.7. The van der Waals surface area contributed by atoms with Crippen LogP contribution in [0.25, 0.3) is 0 Å². The third-order valence-electron chi connectivity index (χ3n) is 7.03. The molecule has 0 aliphatic rings. The highest BCUT2D eigenvalue weighted by Crippen LogP contribution is 2.29. The van der Waals surface area contributed by atoms with Gasteiger partial charge in [-0.1, -0.05) is 87.5 Å². The molecule has 0 fully saturated rings. The standard InChI is InChI=1S/C34H36N2O4S/c1-23-9-7-10-24(2)31(23)36(41(6,39)40)22-25-13-15-27(16-14-25)33(38)35-30-12-8-11-28(21-30)32(37)26-17-19-29(20-18-26)34(3,4)5/h7-21H,22H2,1-6H3,(H,35,38). The molecule has 1 N–H and O–H groups in total. The number of rotatable bonds is 8. The zero-order chi connectivity index (χ0) is 29.9. The summed E-state index contributed by atoms with van der Waals surface area (Å²) in [4.78, 5) is 26.1. The smallest absolute Gasteiger partial charge is 0.255 e. The van der Waals surface area contributed by atoms with Crippen LogP contribution >= 0.6 is 0 Å². The van der Waals surface area contributed by atoms with E-state index >= 15 is 0 Å². The lowest BCUT2D eigenvalue weighted by Gasteiger charge is -2.26. The Balaban J connectivity index is 1.48. The Morgan fingerprint density at radius 1 is 0.756 bits per heavy atom. The van der Waals surface area contributed by atoms with E-state index < -0.39 is 10.0 Å². The van der Waals surface area contributed by atoms with Crippen molar-refractivity contribution >= 4 is 33.1 Å². The van der Waals surface area contributed by atoms with E-state index in [-0.39, 0.29) is 23.7 Å². The third-order valence-corrected chi connectivity index (χ3v) is 8.14. The Bertz CT molecular complexity index is 1660. The molecule has 0 spiro atoms. The number of carbonyl (C=O) groups excluding carboxylic acids is 2. The molecule has 41 heavy (non-hydrogen) atoms. The van der Waals surface area contributed by atoms with Crippen molar-refractivity contribution in [2.24, 2.45) is 0 Å². The molecular formula is C34H36N2O4S. The highest BCUT2D eigenvalue weighted by atomic mass is 32.2. The van der Waals surface area contributed by atoms with Crippen molar-refractivity contribution in [3.63, 3.8) is 0 Å². The molecule has 212 valence electrons. The first-order chi connectivity index (χ1) is 19.2. The molecule has 0 heterocycles. The van der Waals surface area contributed by atoms with Gasteiger partial charge in [0.05, 0.1) is 18.5 Å². The largest absolute Gasteiger partial charge is 0.322 e. The lowest BCUT2D eigenvalue weighted by molar-refractivity contribution is 0.102. The second kappa shape index (κ2) is 11.7. The average Bonchev–Trinajstić information content (AvgIpc) is 2.91. The van der Waals surface area contributed by atoms with Gasteiger partial charge in [0, 0.05) is 22.4 Å². The number of hydrogen-bond donors (Lipinski definition) is 1. The van der Waals surface area contributed by atoms with Gasteiger partial charge in [0.2, 0.25) is 10.0 Å². The van der Waals surface area contributed by atoms with Gasteiger partial charge in [0.15, 0.2) is 5.78 Å². The number of nitrogens with zero attached hydrogens (tertiary/aromatic N) is 1. The highest BCUT2D eigenvalue weighted by molar-refractivity contribution is 7.92. The van der Waals surface area contributed by atoms with Crippen LogP contribution in [0.2, 0.25) is 0 Å². The molecule has 4 aromatic carbocycles. The van der Waals surface area contributed by atoms with E-state index in [1.54, 1.807) is 48.5 Å². The van der Waals surface area contributed by atoms with Crippen molar-refractivity contribution in [2.75, 3.05) is 15.9 Å². The quantitative estimate of drug-likeness (QED) is 0.231. The fourth-order valence-electron chi connectivity index (χ4n) is 4.72. The number of carbonyl (C=O) groups is 2. The molecule has 6 nitrogen and oxygen atoms in total. The molecule has 0 aliphatic carbocycles. The van der Waals surface area contributed by atoms with E-state index in [2.05, 4.69) is 26.1 Å². The van der Waals surface area contributed by atoms with Crippen LogP contribution < -0.4 is 9.62 Å². The Morgan fingerprint density at radius 2 is 1.32 bits per heavy atom. The molecular weight excluding hydrogens is 532 g/mol. The van der Waals surface area contributed by atoms with Crippen molar-refractivity contribution in [3.05, 3.63) is 130 Å². The fourth-order valence-corrected chi connectivity index (χ4v) is 5.72. The van der Waals surface area contributed by atoms with E-state index in [0.29, 0.717) is 28.1 Å². The minimum Gasteiger partial charge on any atom is -0.322 e. The van der Waals surface area contributed by atoms with Gasteiger partial charge in [-0.3, -0.25) is 13.9 Å². The number of benzene rings is 4. The van der Waals surface area contributed by atoms with Crippen LogP contribution in [-0.2, 0) is 22.0 Å². The van der Waals surface area contributed by atoms with Crippen LogP contribution in [-0.4, -0.2) is 26.4 Å². The van der Waals surface area contributed by atoms with Crippen molar-refractivity contribution in [2.45, 2.75) is 46.6 Å². The maximum atomic E-state index is 13.1. The van der Waals surface area contributed by atoms with Crippen LogP contribution in [0.1, 0.15) is 69.3 Å². The van der Waals surface area contributed by atoms with Gasteiger partial charge >= 0.3 is 0 Å². The van der Waals surface area contributed by atoms with Gasteiger partial charge < -0.3 is 5.32 Å². The van der Waals surface area contributed by atoms with E-state index in [1.807, 2.05) is 56.3 Å². The van der Waals surface area contributed by atoms with Crippen molar-refractivity contribution < 1.29 is 18.0 Å². The van der Waals surface area contributed by atoms with Gasteiger partial charge in [-0.05, 0) is 65.8 Å². The molecule has 0 saturated heterocycles. The van der Waals surface area contributed by atoms with Gasteiger partial charge in [-0.15, -0.1) is 0 Å². The third kappa shape index (κ3) is 7.11. The minimum atomic E-state index is -3.54. The van der Waals surface area contributed by atoms with E-state index in [1.165, 1.54) is 10.6 Å². The number of nitrogens with one attached hydrogen (secondary N) is 1. The molecule has 0 bridgehead atoms. The summed E-state index contributed by atoms with van der Waals surface area (Å²) in [5, 5.41) is 2.86. The number of aryl methyl sites for hydroxylation is 2. The highest BCUT2D eigenvalue weighted by Gasteiger charge is 2.22. The lowest BCUT2D eigenvalue weighted by atomic mass is 9.86. The van der Waals surface area contributed by atoms with Crippen LogP contribution in [0.4, 0.5) is 11.4 Å². The first-order valence-electron chi connectivity index (χ1n) is 13.4. The number of sulfonamides is 1. The Hall–Kier alpha value is -4.23. The van der Waals surface area contributed by atoms with Crippen LogP contribution in [0.5, 0.6) is 0 Å². The molecule has 0 aromatic heterocycles. The van der Waals surface area contributed by atoms with Crippen molar-refractivity contribution in [1.29, 1.82) is 0 Å². The average molecular weight is 569 g/mol. The lowest BCUT2D eigenvalue weighted by Crippen LogP contribution is -2.30. The number of ketones is 1. The zero-order valence-electron chi connectivity index (χ0n) is 24.4. The number of hydrogen-bond acceptors (Lipinski definition) is 4. The molecule has 4 aromatic rings. The summed E-state index contributed by atoms with van der Waals surface area (Å²) in [6.45, 7) is 10.3. The maximum Gasteiger partial charge on any atom is 0.255 e. The van der Waals surface area contributed by atoms with Gasteiger partial charge in [0.1, 0.15) is 0 Å². The minimum absolute atomic E-state index is 0.00293. The van der Waals surface area contributed by atoms with E-state index in [4.69, 9.17) is 0 Å². The molecule has 0 aliphatic heterocycles. The second-order valence-corrected chi connectivity index (χ2v) is 13.3. The maximum absolute atomic E-state index is 13.1. The Morgan fingerprint density at radius 3 is 1.88 bits per heavy atom. The normalized spacial score (nSPS) is 11.7. The monoisotopic (exact) mass is 568 g/mol. The summed E-state index contributed by atoms with van der Waals surface area (Å²) in [7, 11) is -3.54. The number of anilines is 2. The second-order valence-electron chi connectivity index (χ2n) is 11.4. The predicted molar refractivity (Wildman–Crippen MR) is 166 cm³/mol. The number of amides is 1. The molecule has 0 radical (unpaired) electrons. The fraction of sp³-hybridized carbons (Fsp3) is 0.235. The first kappa shape index (κ1) is 29.7. The SMILES string of the molecule is Cc1cccc(C)c1N(Cc1ccc(C(=O)Nc2cccc(C(=O)c3ccc(C(C)(C)C)cc3)c2)cc1)S(C)(=O)=O. The van der Waals surface area contributed by atoms with Crippen LogP contribution in [0, 0.1) is 13.8 Å². The van der Waals surface area contributed by atoms with Crippen LogP contribution in [0.15, 0.2) is 91.0 Å².